The molecule has 3 rings (SSSR count). The van der Waals surface area contributed by atoms with Crippen LogP contribution in [0, 0.1) is 11.8 Å². The highest BCUT2D eigenvalue weighted by molar-refractivity contribution is 5.83. The van der Waals surface area contributed by atoms with E-state index in [9.17, 15) is 9.59 Å². The molecule has 2 aliphatic heterocycles. The second-order valence-corrected chi connectivity index (χ2v) is 7.87. The molecular formula is C18H31N3O2. The number of fused-ring (bicyclic) bond motifs is 1. The summed E-state index contributed by atoms with van der Waals surface area (Å²) in [6.45, 7) is 5.43. The number of rotatable bonds is 3. The molecule has 2 N–H and O–H groups in total. The van der Waals surface area contributed by atoms with E-state index in [4.69, 9.17) is 0 Å². The first-order chi connectivity index (χ1) is 11.0. The number of nitrogens with one attached hydrogen (secondary N) is 2. The Balaban J connectivity index is 1.48. The quantitative estimate of drug-likeness (QED) is 0.831. The lowest BCUT2D eigenvalue weighted by Crippen LogP contribution is -2.50. The van der Waals surface area contributed by atoms with Gasteiger partial charge in [-0.25, -0.2) is 0 Å². The molecule has 2 heterocycles. The number of hydrogen-bond acceptors (Lipinski definition) is 3. The van der Waals surface area contributed by atoms with Crippen molar-refractivity contribution in [1.82, 2.24) is 15.5 Å². The largest absolute Gasteiger partial charge is 0.354 e. The predicted molar refractivity (Wildman–Crippen MR) is 89.9 cm³/mol. The van der Waals surface area contributed by atoms with Crippen LogP contribution in [0.15, 0.2) is 0 Å². The van der Waals surface area contributed by atoms with Gasteiger partial charge in [-0.3, -0.25) is 9.59 Å². The topological polar surface area (TPSA) is 61.4 Å². The number of amides is 2. The van der Waals surface area contributed by atoms with Crippen molar-refractivity contribution in [2.45, 2.75) is 76.9 Å². The summed E-state index contributed by atoms with van der Waals surface area (Å²) in [6, 6.07) is 0.768. The smallest absolute Gasteiger partial charge is 0.239 e. The average Bonchev–Trinajstić information content (AvgIpc) is 2.97. The van der Waals surface area contributed by atoms with Gasteiger partial charge in [0, 0.05) is 31.1 Å². The van der Waals surface area contributed by atoms with Crippen molar-refractivity contribution in [3.05, 3.63) is 0 Å². The van der Waals surface area contributed by atoms with Crippen molar-refractivity contribution in [3.8, 4) is 0 Å². The van der Waals surface area contributed by atoms with Gasteiger partial charge >= 0.3 is 0 Å². The molecule has 2 saturated heterocycles. The van der Waals surface area contributed by atoms with Gasteiger partial charge < -0.3 is 15.5 Å². The molecule has 0 spiro atoms. The van der Waals surface area contributed by atoms with Crippen LogP contribution in [-0.4, -0.2) is 47.9 Å². The van der Waals surface area contributed by atoms with Crippen LogP contribution >= 0.6 is 0 Å². The monoisotopic (exact) mass is 321 g/mol. The number of carbonyl (C=O) groups is 2. The van der Waals surface area contributed by atoms with Gasteiger partial charge in [0.15, 0.2) is 0 Å². The highest BCUT2D eigenvalue weighted by atomic mass is 16.2. The van der Waals surface area contributed by atoms with E-state index < -0.39 is 0 Å². The van der Waals surface area contributed by atoms with Gasteiger partial charge in [0.1, 0.15) is 0 Å². The van der Waals surface area contributed by atoms with E-state index in [-0.39, 0.29) is 29.8 Å². The van der Waals surface area contributed by atoms with Crippen LogP contribution in [0.2, 0.25) is 0 Å². The molecular weight excluding hydrogens is 290 g/mol. The van der Waals surface area contributed by atoms with Gasteiger partial charge in [-0.05, 0) is 51.9 Å². The lowest BCUT2D eigenvalue weighted by molar-refractivity contribution is -0.137. The summed E-state index contributed by atoms with van der Waals surface area (Å²) < 4.78 is 0. The fourth-order valence-electron chi connectivity index (χ4n) is 4.50. The molecule has 3 atom stereocenters. The molecule has 3 aliphatic rings. The Labute approximate surface area is 139 Å². The summed E-state index contributed by atoms with van der Waals surface area (Å²) in [4.78, 5) is 26.8. The second-order valence-electron chi connectivity index (χ2n) is 7.87. The number of nitrogens with zero attached hydrogens (tertiary/aromatic N) is 1. The summed E-state index contributed by atoms with van der Waals surface area (Å²) >= 11 is 0. The van der Waals surface area contributed by atoms with Crippen LogP contribution in [0.3, 0.4) is 0 Å². The molecule has 130 valence electrons. The zero-order chi connectivity index (χ0) is 16.4. The summed E-state index contributed by atoms with van der Waals surface area (Å²) in [5.41, 5.74) is 0. The van der Waals surface area contributed by atoms with Crippen molar-refractivity contribution >= 4 is 11.8 Å². The zero-order valence-electron chi connectivity index (χ0n) is 14.5. The van der Waals surface area contributed by atoms with Crippen molar-refractivity contribution in [2.24, 2.45) is 11.8 Å². The standard InChI is InChI=1S/C18H31N3O2/c1-12(2)19-17(22)13-7-9-21(10-8-13)18(23)16-11-14-5-3-4-6-15(14)20-16/h12-16,20H,3-11H2,1-2H3,(H,19,22)/t14-,15-,16+/m1/s1. The minimum Gasteiger partial charge on any atom is -0.354 e. The van der Waals surface area contributed by atoms with E-state index in [0.29, 0.717) is 12.0 Å². The number of likely N-dealkylation sites (tertiary alicyclic amines) is 1. The summed E-state index contributed by atoms with van der Waals surface area (Å²) in [5.74, 6) is 1.19. The minimum absolute atomic E-state index is 0.0177. The fraction of sp³-hybridized carbons (Fsp3) is 0.889. The Morgan fingerprint density at radius 3 is 2.43 bits per heavy atom. The molecule has 0 aromatic heterocycles. The molecule has 2 amide bonds. The Hall–Kier alpha value is -1.10. The highest BCUT2D eigenvalue weighted by Gasteiger charge is 2.40. The van der Waals surface area contributed by atoms with E-state index in [2.05, 4.69) is 10.6 Å². The summed E-state index contributed by atoms with van der Waals surface area (Å²) in [6.07, 6.45) is 7.72. The van der Waals surface area contributed by atoms with E-state index >= 15 is 0 Å². The fourth-order valence-corrected chi connectivity index (χ4v) is 4.50. The van der Waals surface area contributed by atoms with Gasteiger partial charge in [-0.1, -0.05) is 12.8 Å². The maximum absolute atomic E-state index is 12.8. The maximum Gasteiger partial charge on any atom is 0.239 e. The Bertz CT molecular complexity index is 430. The van der Waals surface area contributed by atoms with Gasteiger partial charge in [0.25, 0.3) is 0 Å². The van der Waals surface area contributed by atoms with Gasteiger partial charge in [-0.15, -0.1) is 0 Å². The maximum atomic E-state index is 12.8. The Morgan fingerprint density at radius 2 is 1.78 bits per heavy atom. The molecule has 0 unspecified atom stereocenters. The second kappa shape index (κ2) is 7.20. The van der Waals surface area contributed by atoms with Crippen LogP contribution in [0.25, 0.3) is 0 Å². The van der Waals surface area contributed by atoms with E-state index in [1.54, 1.807) is 0 Å². The van der Waals surface area contributed by atoms with Gasteiger partial charge in [0.2, 0.25) is 11.8 Å². The van der Waals surface area contributed by atoms with Crippen LogP contribution in [-0.2, 0) is 9.59 Å². The van der Waals surface area contributed by atoms with Crippen molar-refractivity contribution in [3.63, 3.8) is 0 Å². The van der Waals surface area contributed by atoms with Crippen molar-refractivity contribution in [1.29, 1.82) is 0 Å². The SMILES string of the molecule is CC(C)NC(=O)C1CCN(C(=O)[C@@H]2C[C@H]3CCCC[C@H]3N2)CC1. The average molecular weight is 321 g/mol. The molecule has 5 heteroatoms. The molecule has 3 fully saturated rings. The molecule has 0 aromatic carbocycles. The lowest BCUT2D eigenvalue weighted by atomic mass is 9.85. The van der Waals surface area contributed by atoms with Gasteiger partial charge in [0.05, 0.1) is 6.04 Å². The van der Waals surface area contributed by atoms with Crippen LogP contribution in [0.5, 0.6) is 0 Å². The lowest BCUT2D eigenvalue weighted by Gasteiger charge is -2.33. The molecule has 0 bridgehead atoms. The van der Waals surface area contributed by atoms with Crippen LogP contribution in [0.1, 0.15) is 58.8 Å². The van der Waals surface area contributed by atoms with Crippen molar-refractivity contribution < 1.29 is 9.59 Å². The highest BCUT2D eigenvalue weighted by Crippen LogP contribution is 2.34. The predicted octanol–water partition coefficient (Wildman–Crippen LogP) is 1.67. The summed E-state index contributed by atoms with van der Waals surface area (Å²) in [7, 11) is 0. The molecule has 23 heavy (non-hydrogen) atoms. The third-order valence-corrected chi connectivity index (χ3v) is 5.77. The first-order valence-corrected chi connectivity index (χ1v) is 9.40. The molecule has 0 aromatic rings. The number of hydrogen-bond donors (Lipinski definition) is 2. The Kier molecular flexibility index (Phi) is 5.24. The van der Waals surface area contributed by atoms with E-state index in [1.807, 2.05) is 18.7 Å². The first kappa shape index (κ1) is 16.7. The third-order valence-electron chi connectivity index (χ3n) is 5.77. The normalized spacial score (nSPS) is 32.0. The third kappa shape index (κ3) is 3.87. The van der Waals surface area contributed by atoms with Crippen LogP contribution < -0.4 is 10.6 Å². The summed E-state index contributed by atoms with van der Waals surface area (Å²) in [5, 5.41) is 6.57. The molecule has 5 nitrogen and oxygen atoms in total. The number of piperidine rings is 1. The van der Waals surface area contributed by atoms with E-state index in [1.165, 1.54) is 25.7 Å². The number of carbonyl (C=O) groups excluding carboxylic acids is 2. The molecule has 1 aliphatic carbocycles. The Morgan fingerprint density at radius 1 is 1.09 bits per heavy atom. The van der Waals surface area contributed by atoms with E-state index in [0.717, 1.165) is 32.4 Å². The minimum atomic E-state index is 0.0177. The van der Waals surface area contributed by atoms with Gasteiger partial charge in [-0.2, -0.15) is 0 Å². The zero-order valence-corrected chi connectivity index (χ0v) is 14.5. The van der Waals surface area contributed by atoms with Crippen LogP contribution in [0.4, 0.5) is 0 Å². The molecule has 0 radical (unpaired) electrons. The first-order valence-electron chi connectivity index (χ1n) is 9.40. The molecule has 1 saturated carbocycles. The van der Waals surface area contributed by atoms with Crippen molar-refractivity contribution in [2.75, 3.05) is 13.1 Å².